The first-order valence-corrected chi connectivity index (χ1v) is 11.8. The molecule has 100 valence electrons. The molecule has 0 saturated heterocycles. The first-order valence-electron chi connectivity index (χ1n) is 6.34. The summed E-state index contributed by atoms with van der Waals surface area (Å²) in [5.41, 5.74) is 0. The van der Waals surface area contributed by atoms with Gasteiger partial charge in [0, 0.05) is 0 Å². The van der Waals surface area contributed by atoms with Crippen LogP contribution in [0.25, 0.3) is 0 Å². The SMILES string of the molecule is CC(C)(C)SP(=[Se])(c1ccccc1)c1ccccc1. The molecule has 0 spiro atoms. The molecule has 0 aromatic heterocycles. The van der Waals surface area contributed by atoms with Crippen LogP contribution in [0.4, 0.5) is 0 Å². The minimum atomic E-state index is -1.50. The Labute approximate surface area is 128 Å². The van der Waals surface area contributed by atoms with Crippen molar-refractivity contribution in [1.29, 1.82) is 0 Å². The van der Waals surface area contributed by atoms with E-state index >= 15 is 0 Å². The third-order valence-electron chi connectivity index (χ3n) is 2.59. The Morgan fingerprint density at radius 2 is 1.16 bits per heavy atom. The van der Waals surface area contributed by atoms with Gasteiger partial charge in [0.25, 0.3) is 0 Å². The fourth-order valence-corrected chi connectivity index (χ4v) is 13.7. The van der Waals surface area contributed by atoms with Crippen LogP contribution in [0.3, 0.4) is 0 Å². The van der Waals surface area contributed by atoms with Gasteiger partial charge in [-0.2, -0.15) is 0 Å². The van der Waals surface area contributed by atoms with E-state index in [-0.39, 0.29) is 4.75 Å². The number of hydrogen-bond acceptors (Lipinski definition) is 1. The zero-order valence-corrected chi connectivity index (χ0v) is 15.0. The zero-order valence-electron chi connectivity index (χ0n) is 11.5. The first-order chi connectivity index (χ1) is 8.92. The summed E-state index contributed by atoms with van der Waals surface area (Å²) in [5, 5.41) is 2.84. The summed E-state index contributed by atoms with van der Waals surface area (Å²) in [6.45, 7) is 6.86. The van der Waals surface area contributed by atoms with Crippen molar-refractivity contribution in [2.75, 3.05) is 0 Å². The summed E-state index contributed by atoms with van der Waals surface area (Å²) in [4.78, 5) is 0. The maximum atomic E-state index is 3.55. The Balaban J connectivity index is 2.55. The molecule has 0 amide bonds. The van der Waals surface area contributed by atoms with Gasteiger partial charge in [0.2, 0.25) is 0 Å². The van der Waals surface area contributed by atoms with Crippen LogP contribution >= 0.6 is 16.1 Å². The summed E-state index contributed by atoms with van der Waals surface area (Å²) < 4.78 is -1.28. The third-order valence-corrected chi connectivity index (χ3v) is 13.1. The summed E-state index contributed by atoms with van der Waals surface area (Å²) in [5.74, 6) is 0. The zero-order chi connectivity index (χ0) is 13.9. The van der Waals surface area contributed by atoms with Gasteiger partial charge >= 0.3 is 128 Å². The summed E-state index contributed by atoms with van der Waals surface area (Å²) in [7, 11) is 0. The molecule has 0 aliphatic heterocycles. The fourth-order valence-electron chi connectivity index (χ4n) is 1.89. The molecule has 0 nitrogen and oxygen atoms in total. The fraction of sp³-hybridized carbons (Fsp3) is 0.250. The van der Waals surface area contributed by atoms with Crippen molar-refractivity contribution in [2.24, 2.45) is 0 Å². The monoisotopic (exact) mass is 354 g/mol. The van der Waals surface area contributed by atoms with E-state index in [1.54, 1.807) is 0 Å². The second-order valence-electron chi connectivity index (χ2n) is 5.43. The molecule has 0 fully saturated rings. The molecule has 2 aromatic carbocycles. The first kappa shape index (κ1) is 15.1. The Hall–Kier alpha value is -0.261. The molecule has 0 aliphatic carbocycles. The van der Waals surface area contributed by atoms with Crippen molar-refractivity contribution in [1.82, 2.24) is 0 Å². The molecule has 2 rings (SSSR count). The van der Waals surface area contributed by atoms with E-state index in [0.29, 0.717) is 0 Å². The van der Waals surface area contributed by atoms with E-state index in [1.165, 1.54) is 10.6 Å². The van der Waals surface area contributed by atoms with Gasteiger partial charge in [-0.1, -0.05) is 0 Å². The predicted octanol–water partition coefficient (Wildman–Crippen LogP) is 4.19. The molecule has 0 N–H and O–H groups in total. The second kappa shape index (κ2) is 6.02. The summed E-state index contributed by atoms with van der Waals surface area (Å²) in [6.07, 6.45) is 0. The topological polar surface area (TPSA) is 0 Å². The maximum absolute atomic E-state index is 3.55. The number of rotatable bonds is 3. The van der Waals surface area contributed by atoms with E-state index in [4.69, 9.17) is 0 Å². The Kier molecular flexibility index (Phi) is 4.79. The Morgan fingerprint density at radius 1 is 0.789 bits per heavy atom. The summed E-state index contributed by atoms with van der Waals surface area (Å²) >= 11 is 5.62. The molecule has 0 unspecified atom stereocenters. The van der Waals surface area contributed by atoms with Gasteiger partial charge in [-0.3, -0.25) is 0 Å². The van der Waals surface area contributed by atoms with Crippen LogP contribution in [0, 0.1) is 0 Å². The number of benzene rings is 2. The Morgan fingerprint density at radius 3 is 1.47 bits per heavy atom. The van der Waals surface area contributed by atoms with Crippen LogP contribution in [0.2, 0.25) is 0 Å². The normalized spacial score (nSPS) is 12.4. The molecule has 2 aromatic rings. The van der Waals surface area contributed by atoms with Crippen molar-refractivity contribution < 1.29 is 0 Å². The van der Waals surface area contributed by atoms with Gasteiger partial charge in [-0.25, -0.2) is 0 Å². The van der Waals surface area contributed by atoms with Crippen LogP contribution in [0.1, 0.15) is 20.8 Å². The van der Waals surface area contributed by atoms with Gasteiger partial charge in [0.15, 0.2) is 0 Å². The molecule has 0 atom stereocenters. The number of hydrogen-bond donors (Lipinski definition) is 0. The van der Waals surface area contributed by atoms with Gasteiger partial charge in [-0.05, 0) is 0 Å². The molecule has 0 aliphatic rings. The van der Waals surface area contributed by atoms with Gasteiger partial charge in [0.05, 0.1) is 0 Å². The molecule has 0 saturated carbocycles. The van der Waals surface area contributed by atoms with E-state index in [1.807, 2.05) is 0 Å². The van der Waals surface area contributed by atoms with E-state index in [9.17, 15) is 0 Å². The Bertz CT molecular complexity index is 529. The van der Waals surface area contributed by atoms with Gasteiger partial charge in [-0.15, -0.1) is 0 Å². The van der Waals surface area contributed by atoms with Crippen LogP contribution < -0.4 is 10.6 Å². The molecule has 0 bridgehead atoms. The van der Waals surface area contributed by atoms with Crippen molar-refractivity contribution in [2.45, 2.75) is 25.5 Å². The summed E-state index contributed by atoms with van der Waals surface area (Å²) in [6, 6.07) is 21.7. The van der Waals surface area contributed by atoms with Crippen molar-refractivity contribution in [3.05, 3.63) is 60.7 Å². The van der Waals surface area contributed by atoms with E-state index < -0.39 is 4.71 Å². The quantitative estimate of drug-likeness (QED) is 0.589. The van der Waals surface area contributed by atoms with E-state index in [0.717, 1.165) is 0 Å². The van der Waals surface area contributed by atoms with Crippen molar-refractivity contribution in [3.8, 4) is 0 Å². The average Bonchev–Trinajstić information content (AvgIpc) is 2.39. The van der Waals surface area contributed by atoms with Crippen LogP contribution in [-0.2, 0) is 0 Å². The molecule has 19 heavy (non-hydrogen) atoms. The molecule has 3 heteroatoms. The van der Waals surface area contributed by atoms with E-state index in [2.05, 4.69) is 108 Å². The van der Waals surface area contributed by atoms with Gasteiger partial charge in [0.1, 0.15) is 0 Å². The third kappa shape index (κ3) is 3.86. The van der Waals surface area contributed by atoms with Crippen LogP contribution in [0.15, 0.2) is 60.7 Å². The van der Waals surface area contributed by atoms with Crippen molar-refractivity contribution >= 4 is 41.8 Å². The van der Waals surface area contributed by atoms with Crippen LogP contribution in [-0.4, -0.2) is 19.8 Å². The molecule has 0 radical (unpaired) electrons. The van der Waals surface area contributed by atoms with Gasteiger partial charge < -0.3 is 0 Å². The molecular formula is C16H19PSSe. The predicted molar refractivity (Wildman–Crippen MR) is 92.2 cm³/mol. The standard InChI is InChI=1S/C16H19PSSe/c1-16(2,3)18-17(19,14-10-6-4-7-11-14)15-12-8-5-9-13-15/h4-13H,1-3H3. The van der Waals surface area contributed by atoms with Crippen LogP contribution in [0.5, 0.6) is 0 Å². The minimum absolute atomic E-state index is 0.227. The van der Waals surface area contributed by atoms with Crippen molar-refractivity contribution in [3.63, 3.8) is 0 Å². The average molecular weight is 353 g/mol. The molecular weight excluding hydrogens is 334 g/mol. The second-order valence-corrected chi connectivity index (χ2v) is 16.2. The molecule has 0 heterocycles.